The van der Waals surface area contributed by atoms with E-state index in [1.54, 1.807) is 36.4 Å². The van der Waals surface area contributed by atoms with Crippen molar-refractivity contribution in [3.8, 4) is 0 Å². The summed E-state index contributed by atoms with van der Waals surface area (Å²) in [6.07, 6.45) is -2.00. The number of hydrogen-bond donors (Lipinski definition) is 0. The minimum atomic E-state index is -1.13. The minimum absolute atomic E-state index is 0.273. The fraction of sp³-hybridized carbons (Fsp3) is 0.238. The average Bonchev–Trinajstić information content (AvgIpc) is 3.13. The van der Waals surface area contributed by atoms with E-state index in [4.69, 9.17) is 18.9 Å². The molecule has 4 rings (SSSR count). The Morgan fingerprint density at radius 3 is 1.59 bits per heavy atom. The standard InChI is InChI=1S/C21H16O8/c1-10(22)26-20-16-12(5-3-7-14(16)18(24)28-20)9-13-6-4-8-15-17(13)21(27-11(2)23)29-19(15)25/h3-8,20-21H,9H2,1-2H3. The van der Waals surface area contributed by atoms with Crippen molar-refractivity contribution in [3.63, 3.8) is 0 Å². The predicted molar refractivity (Wildman–Crippen MR) is 95.5 cm³/mol. The van der Waals surface area contributed by atoms with Gasteiger partial charge in [0.15, 0.2) is 0 Å². The third-order valence-corrected chi connectivity index (χ3v) is 4.66. The molecule has 0 radical (unpaired) electrons. The summed E-state index contributed by atoms with van der Waals surface area (Å²) in [5.41, 5.74) is 2.89. The molecule has 2 unspecified atom stereocenters. The van der Waals surface area contributed by atoms with Crippen LogP contribution in [0.15, 0.2) is 36.4 Å². The number of rotatable bonds is 4. The predicted octanol–water partition coefficient (Wildman–Crippen LogP) is 2.74. The molecule has 2 aromatic carbocycles. The summed E-state index contributed by atoms with van der Waals surface area (Å²) in [5, 5.41) is 0. The van der Waals surface area contributed by atoms with E-state index < -0.39 is 36.5 Å². The molecule has 8 heteroatoms. The zero-order chi connectivity index (χ0) is 20.7. The van der Waals surface area contributed by atoms with Crippen molar-refractivity contribution in [1.29, 1.82) is 0 Å². The van der Waals surface area contributed by atoms with Gasteiger partial charge in [-0.05, 0) is 29.7 Å². The highest BCUT2D eigenvalue weighted by molar-refractivity contribution is 5.95. The van der Waals surface area contributed by atoms with E-state index in [9.17, 15) is 19.2 Å². The monoisotopic (exact) mass is 396 g/mol. The molecule has 2 aliphatic heterocycles. The lowest BCUT2D eigenvalue weighted by Gasteiger charge is -2.16. The minimum Gasteiger partial charge on any atom is -0.421 e. The molecule has 0 bridgehead atoms. The summed E-state index contributed by atoms with van der Waals surface area (Å²) < 4.78 is 20.6. The van der Waals surface area contributed by atoms with Crippen molar-refractivity contribution in [2.45, 2.75) is 32.8 Å². The van der Waals surface area contributed by atoms with Gasteiger partial charge in [-0.15, -0.1) is 0 Å². The Balaban J connectivity index is 1.76. The van der Waals surface area contributed by atoms with Crippen molar-refractivity contribution < 1.29 is 38.1 Å². The number of carbonyl (C=O) groups is 4. The molecule has 0 aliphatic carbocycles. The first kappa shape index (κ1) is 18.7. The van der Waals surface area contributed by atoms with Crippen LogP contribution in [0.5, 0.6) is 0 Å². The van der Waals surface area contributed by atoms with E-state index >= 15 is 0 Å². The second-order valence-corrected chi connectivity index (χ2v) is 6.63. The lowest BCUT2D eigenvalue weighted by atomic mass is 9.92. The van der Waals surface area contributed by atoms with E-state index in [0.717, 1.165) is 0 Å². The molecule has 0 saturated heterocycles. The van der Waals surface area contributed by atoms with Crippen LogP contribution >= 0.6 is 0 Å². The molecule has 2 heterocycles. The smallest absolute Gasteiger partial charge is 0.342 e. The number of hydrogen-bond acceptors (Lipinski definition) is 8. The van der Waals surface area contributed by atoms with Crippen LogP contribution in [0, 0.1) is 0 Å². The van der Waals surface area contributed by atoms with E-state index in [1.165, 1.54) is 13.8 Å². The summed E-state index contributed by atoms with van der Waals surface area (Å²) in [6, 6.07) is 10.1. The number of fused-ring (bicyclic) bond motifs is 2. The van der Waals surface area contributed by atoms with E-state index in [2.05, 4.69) is 0 Å². The molecule has 0 fully saturated rings. The number of ether oxygens (including phenoxy) is 4. The van der Waals surface area contributed by atoms with Crippen LogP contribution in [0.1, 0.15) is 69.4 Å². The molecule has 0 N–H and O–H groups in total. The Hall–Kier alpha value is -3.68. The van der Waals surface area contributed by atoms with Gasteiger partial charge in [0.25, 0.3) is 12.6 Å². The summed E-state index contributed by atoms with van der Waals surface area (Å²) in [4.78, 5) is 47.1. The Kier molecular flexibility index (Phi) is 4.54. The van der Waals surface area contributed by atoms with Crippen LogP contribution in [0.25, 0.3) is 0 Å². The molecule has 0 saturated carbocycles. The fourth-order valence-corrected chi connectivity index (χ4v) is 3.56. The molecule has 148 valence electrons. The Morgan fingerprint density at radius 2 is 1.21 bits per heavy atom. The summed E-state index contributed by atoms with van der Waals surface area (Å²) >= 11 is 0. The number of esters is 4. The van der Waals surface area contributed by atoms with E-state index in [0.29, 0.717) is 33.4 Å². The summed E-state index contributed by atoms with van der Waals surface area (Å²) in [6.45, 7) is 2.45. The van der Waals surface area contributed by atoms with E-state index in [-0.39, 0.29) is 6.42 Å². The second-order valence-electron chi connectivity index (χ2n) is 6.63. The first-order valence-corrected chi connectivity index (χ1v) is 8.85. The number of cyclic esters (lactones) is 2. The van der Waals surface area contributed by atoms with E-state index in [1.807, 2.05) is 0 Å². The van der Waals surface area contributed by atoms with Gasteiger partial charge < -0.3 is 18.9 Å². The highest BCUT2D eigenvalue weighted by atomic mass is 16.7. The zero-order valence-corrected chi connectivity index (χ0v) is 15.6. The molecule has 2 aliphatic rings. The molecular weight excluding hydrogens is 380 g/mol. The van der Waals surface area contributed by atoms with Gasteiger partial charge in [0.05, 0.1) is 22.3 Å². The van der Waals surface area contributed by atoms with Gasteiger partial charge in [0.1, 0.15) is 0 Å². The molecule has 2 aromatic rings. The average molecular weight is 396 g/mol. The number of carbonyl (C=O) groups excluding carboxylic acids is 4. The zero-order valence-electron chi connectivity index (χ0n) is 15.6. The first-order valence-electron chi connectivity index (χ1n) is 8.85. The van der Waals surface area contributed by atoms with Gasteiger partial charge >= 0.3 is 23.9 Å². The van der Waals surface area contributed by atoms with Crippen LogP contribution in [-0.4, -0.2) is 23.9 Å². The normalized spacial score (nSPS) is 19.1. The van der Waals surface area contributed by atoms with Crippen LogP contribution in [0.4, 0.5) is 0 Å². The van der Waals surface area contributed by atoms with Gasteiger partial charge in [-0.1, -0.05) is 24.3 Å². The fourth-order valence-electron chi connectivity index (χ4n) is 3.56. The molecule has 0 spiro atoms. The molecule has 0 amide bonds. The lowest BCUT2D eigenvalue weighted by molar-refractivity contribution is -0.166. The maximum Gasteiger partial charge on any atom is 0.342 e. The third kappa shape index (κ3) is 3.33. The van der Waals surface area contributed by atoms with Crippen LogP contribution in [0.3, 0.4) is 0 Å². The molecule has 8 nitrogen and oxygen atoms in total. The second kappa shape index (κ2) is 7.05. The van der Waals surface area contributed by atoms with Crippen LogP contribution in [0.2, 0.25) is 0 Å². The largest absolute Gasteiger partial charge is 0.421 e. The Bertz CT molecular complexity index is 967. The molecular formula is C21H16O8. The summed E-state index contributed by atoms with van der Waals surface area (Å²) in [7, 11) is 0. The van der Waals surface area contributed by atoms with Gasteiger partial charge in [-0.2, -0.15) is 0 Å². The Morgan fingerprint density at radius 1 is 0.793 bits per heavy atom. The van der Waals surface area contributed by atoms with Crippen molar-refractivity contribution in [1.82, 2.24) is 0 Å². The highest BCUT2D eigenvalue weighted by Gasteiger charge is 2.38. The third-order valence-electron chi connectivity index (χ3n) is 4.66. The van der Waals surface area contributed by atoms with Gasteiger partial charge in [-0.25, -0.2) is 9.59 Å². The molecule has 29 heavy (non-hydrogen) atoms. The van der Waals surface area contributed by atoms with Crippen molar-refractivity contribution in [2.75, 3.05) is 0 Å². The van der Waals surface area contributed by atoms with Crippen LogP contribution < -0.4 is 0 Å². The van der Waals surface area contributed by atoms with Gasteiger partial charge in [-0.3, -0.25) is 9.59 Å². The lowest BCUT2D eigenvalue weighted by Crippen LogP contribution is -2.11. The molecule has 2 atom stereocenters. The van der Waals surface area contributed by atoms with Gasteiger partial charge in [0, 0.05) is 13.8 Å². The summed E-state index contributed by atoms with van der Waals surface area (Å²) in [5.74, 6) is -2.33. The number of benzene rings is 2. The SMILES string of the molecule is CC(=O)OC1OC(=O)c2cccc(Cc3cccc4c3C(OC(C)=O)OC4=O)c21. The maximum atomic E-state index is 12.1. The maximum absolute atomic E-state index is 12.1. The first-order chi connectivity index (χ1) is 13.8. The van der Waals surface area contributed by atoms with Crippen LogP contribution in [-0.2, 0) is 35.0 Å². The van der Waals surface area contributed by atoms with Crippen molar-refractivity contribution >= 4 is 23.9 Å². The molecule has 0 aromatic heterocycles. The topological polar surface area (TPSA) is 105 Å². The van der Waals surface area contributed by atoms with Gasteiger partial charge in [0.2, 0.25) is 0 Å². The Labute approximate surface area is 165 Å². The van der Waals surface area contributed by atoms with Crippen molar-refractivity contribution in [3.05, 3.63) is 69.8 Å². The quantitative estimate of drug-likeness (QED) is 0.727. The van der Waals surface area contributed by atoms with Crippen molar-refractivity contribution in [2.24, 2.45) is 0 Å². The highest BCUT2D eigenvalue weighted by Crippen LogP contribution is 2.39.